The average molecular weight is 308 g/mol. The number of esters is 1. The number of rotatable bonds is 5. The molecule has 1 aromatic carbocycles. The van der Waals surface area contributed by atoms with E-state index in [1.807, 2.05) is 25.3 Å². The maximum atomic E-state index is 11.5. The second kappa shape index (κ2) is 6.65. The van der Waals surface area contributed by atoms with Gasteiger partial charge in [-0.1, -0.05) is 6.07 Å². The lowest BCUT2D eigenvalue weighted by atomic mass is 10.0. The number of aromatic nitrogens is 2. The Morgan fingerprint density at radius 2 is 2.17 bits per heavy atom. The van der Waals surface area contributed by atoms with Crippen molar-refractivity contribution in [2.75, 3.05) is 6.61 Å². The molecule has 0 aliphatic rings. The maximum Gasteiger partial charge on any atom is 0.306 e. The van der Waals surface area contributed by atoms with E-state index in [9.17, 15) is 4.79 Å². The van der Waals surface area contributed by atoms with Crippen LogP contribution in [0.2, 0.25) is 0 Å². The summed E-state index contributed by atoms with van der Waals surface area (Å²) in [5.41, 5.74) is 5.61. The quantitative estimate of drug-likeness (QED) is 0.724. The number of hydrogen-bond acceptors (Lipinski definition) is 3. The van der Waals surface area contributed by atoms with E-state index in [1.54, 1.807) is 6.20 Å². The SMILES string of the molecule is CCOC(=O)CCc1ccc2[nH]c(-c3cccnc3)c(C)c2c1. The van der Waals surface area contributed by atoms with Crippen LogP contribution in [0.15, 0.2) is 42.7 Å². The molecular weight excluding hydrogens is 288 g/mol. The van der Waals surface area contributed by atoms with Crippen molar-refractivity contribution in [2.45, 2.75) is 26.7 Å². The summed E-state index contributed by atoms with van der Waals surface area (Å²) in [7, 11) is 0. The van der Waals surface area contributed by atoms with E-state index in [0.29, 0.717) is 19.4 Å². The second-order valence-electron chi connectivity index (χ2n) is 5.55. The number of H-pyrrole nitrogens is 1. The van der Waals surface area contributed by atoms with E-state index in [1.165, 1.54) is 10.9 Å². The van der Waals surface area contributed by atoms with Gasteiger partial charge >= 0.3 is 5.97 Å². The Morgan fingerprint density at radius 1 is 1.30 bits per heavy atom. The summed E-state index contributed by atoms with van der Waals surface area (Å²) >= 11 is 0. The monoisotopic (exact) mass is 308 g/mol. The van der Waals surface area contributed by atoms with Crippen molar-refractivity contribution in [2.24, 2.45) is 0 Å². The Balaban J connectivity index is 1.88. The van der Waals surface area contributed by atoms with Gasteiger partial charge in [0.05, 0.1) is 12.3 Å². The fourth-order valence-electron chi connectivity index (χ4n) is 2.81. The summed E-state index contributed by atoms with van der Waals surface area (Å²) < 4.78 is 4.98. The molecule has 2 aromatic heterocycles. The molecule has 0 amide bonds. The summed E-state index contributed by atoms with van der Waals surface area (Å²) in [5.74, 6) is -0.144. The number of carbonyl (C=O) groups is 1. The number of aromatic amines is 1. The van der Waals surface area contributed by atoms with Gasteiger partial charge in [-0.3, -0.25) is 9.78 Å². The molecule has 0 aliphatic carbocycles. The highest BCUT2D eigenvalue weighted by molar-refractivity contribution is 5.90. The molecule has 0 radical (unpaired) electrons. The minimum Gasteiger partial charge on any atom is -0.466 e. The lowest BCUT2D eigenvalue weighted by Gasteiger charge is -2.03. The molecule has 2 heterocycles. The lowest BCUT2D eigenvalue weighted by Crippen LogP contribution is -2.05. The van der Waals surface area contributed by atoms with Gasteiger partial charge in [-0.15, -0.1) is 0 Å². The fourth-order valence-corrected chi connectivity index (χ4v) is 2.81. The number of aryl methyl sites for hydroxylation is 2. The Morgan fingerprint density at radius 3 is 2.91 bits per heavy atom. The van der Waals surface area contributed by atoms with Crippen LogP contribution in [0.1, 0.15) is 24.5 Å². The molecule has 118 valence electrons. The van der Waals surface area contributed by atoms with Crippen LogP contribution in [0, 0.1) is 6.92 Å². The predicted molar refractivity (Wildman–Crippen MR) is 91.2 cm³/mol. The highest BCUT2D eigenvalue weighted by Gasteiger charge is 2.11. The largest absolute Gasteiger partial charge is 0.466 e. The number of nitrogens with zero attached hydrogens (tertiary/aromatic N) is 1. The van der Waals surface area contributed by atoms with Crippen molar-refractivity contribution in [3.8, 4) is 11.3 Å². The minimum atomic E-state index is -0.144. The third-order valence-corrected chi connectivity index (χ3v) is 4.00. The van der Waals surface area contributed by atoms with E-state index in [2.05, 4.69) is 35.1 Å². The highest BCUT2D eigenvalue weighted by Crippen LogP contribution is 2.30. The number of hydrogen-bond donors (Lipinski definition) is 1. The zero-order valence-electron chi connectivity index (χ0n) is 13.4. The van der Waals surface area contributed by atoms with Crippen LogP contribution in [0.3, 0.4) is 0 Å². The Labute approximate surface area is 135 Å². The van der Waals surface area contributed by atoms with Gasteiger partial charge in [-0.2, -0.15) is 0 Å². The minimum absolute atomic E-state index is 0.144. The molecule has 3 aromatic rings. The molecule has 0 unspecified atom stereocenters. The summed E-state index contributed by atoms with van der Waals surface area (Å²) in [4.78, 5) is 19.1. The first kappa shape index (κ1) is 15.3. The molecule has 1 N–H and O–H groups in total. The molecule has 0 atom stereocenters. The van der Waals surface area contributed by atoms with Crippen LogP contribution >= 0.6 is 0 Å². The van der Waals surface area contributed by atoms with Gasteiger partial charge in [0.25, 0.3) is 0 Å². The lowest BCUT2D eigenvalue weighted by molar-refractivity contribution is -0.143. The summed E-state index contributed by atoms with van der Waals surface area (Å²) in [6.07, 6.45) is 4.74. The third kappa shape index (κ3) is 3.26. The van der Waals surface area contributed by atoms with E-state index >= 15 is 0 Å². The van der Waals surface area contributed by atoms with Crippen molar-refractivity contribution in [3.05, 3.63) is 53.9 Å². The zero-order valence-corrected chi connectivity index (χ0v) is 13.4. The maximum absolute atomic E-state index is 11.5. The Bertz CT molecular complexity index is 822. The molecule has 0 saturated carbocycles. The second-order valence-corrected chi connectivity index (χ2v) is 5.55. The number of fused-ring (bicyclic) bond motifs is 1. The Hall–Kier alpha value is -2.62. The third-order valence-electron chi connectivity index (χ3n) is 4.00. The highest BCUT2D eigenvalue weighted by atomic mass is 16.5. The molecule has 4 heteroatoms. The molecule has 23 heavy (non-hydrogen) atoms. The van der Waals surface area contributed by atoms with Gasteiger partial charge in [-0.05, 0) is 55.7 Å². The zero-order chi connectivity index (χ0) is 16.2. The molecule has 0 bridgehead atoms. The van der Waals surface area contributed by atoms with Crippen molar-refractivity contribution in [1.82, 2.24) is 9.97 Å². The molecule has 0 spiro atoms. The normalized spacial score (nSPS) is 10.9. The van der Waals surface area contributed by atoms with E-state index in [-0.39, 0.29) is 5.97 Å². The average Bonchev–Trinajstić information content (AvgIpc) is 2.91. The number of benzene rings is 1. The van der Waals surface area contributed by atoms with Crippen LogP contribution in [0.4, 0.5) is 0 Å². The van der Waals surface area contributed by atoms with E-state index in [0.717, 1.165) is 22.3 Å². The molecule has 0 saturated heterocycles. The molecule has 4 nitrogen and oxygen atoms in total. The van der Waals surface area contributed by atoms with Gasteiger partial charge in [-0.25, -0.2) is 0 Å². The van der Waals surface area contributed by atoms with Crippen LogP contribution < -0.4 is 0 Å². The topological polar surface area (TPSA) is 55.0 Å². The van der Waals surface area contributed by atoms with Gasteiger partial charge in [0.1, 0.15) is 0 Å². The summed E-state index contributed by atoms with van der Waals surface area (Å²) in [6, 6.07) is 10.3. The molecule has 0 fully saturated rings. The first-order chi connectivity index (χ1) is 11.2. The van der Waals surface area contributed by atoms with Crippen LogP contribution in [-0.4, -0.2) is 22.5 Å². The number of ether oxygens (including phenoxy) is 1. The molecule has 3 rings (SSSR count). The van der Waals surface area contributed by atoms with Crippen molar-refractivity contribution in [1.29, 1.82) is 0 Å². The van der Waals surface area contributed by atoms with Crippen molar-refractivity contribution < 1.29 is 9.53 Å². The fraction of sp³-hybridized carbons (Fsp3) is 0.263. The molecule has 0 aliphatic heterocycles. The van der Waals surface area contributed by atoms with Crippen molar-refractivity contribution in [3.63, 3.8) is 0 Å². The number of carbonyl (C=O) groups excluding carboxylic acids is 1. The van der Waals surface area contributed by atoms with Crippen LogP contribution in [0.5, 0.6) is 0 Å². The summed E-state index contributed by atoms with van der Waals surface area (Å²) in [6.45, 7) is 4.37. The first-order valence-corrected chi connectivity index (χ1v) is 7.86. The summed E-state index contributed by atoms with van der Waals surface area (Å²) in [5, 5.41) is 1.19. The standard InChI is InChI=1S/C19H20N2O2/c1-3-23-18(22)9-7-14-6-8-17-16(11-14)13(2)19(21-17)15-5-4-10-20-12-15/h4-6,8,10-12,21H,3,7,9H2,1-2H3. The predicted octanol–water partition coefficient (Wildman–Crippen LogP) is 4.03. The van der Waals surface area contributed by atoms with E-state index < -0.39 is 0 Å². The van der Waals surface area contributed by atoms with Crippen LogP contribution in [0.25, 0.3) is 22.2 Å². The molecular formula is C19H20N2O2. The van der Waals surface area contributed by atoms with Gasteiger partial charge in [0, 0.05) is 35.3 Å². The number of nitrogens with one attached hydrogen (secondary N) is 1. The van der Waals surface area contributed by atoms with Crippen LogP contribution in [-0.2, 0) is 16.0 Å². The van der Waals surface area contributed by atoms with E-state index in [4.69, 9.17) is 4.74 Å². The first-order valence-electron chi connectivity index (χ1n) is 7.86. The van der Waals surface area contributed by atoms with Gasteiger partial charge in [0.2, 0.25) is 0 Å². The van der Waals surface area contributed by atoms with Gasteiger partial charge < -0.3 is 9.72 Å². The Kier molecular flexibility index (Phi) is 4.42. The smallest absolute Gasteiger partial charge is 0.306 e. The van der Waals surface area contributed by atoms with Crippen molar-refractivity contribution >= 4 is 16.9 Å². The van der Waals surface area contributed by atoms with Gasteiger partial charge in [0.15, 0.2) is 0 Å². The number of pyridine rings is 1.